The summed E-state index contributed by atoms with van der Waals surface area (Å²) in [7, 11) is 0. The Labute approximate surface area is 191 Å². The van der Waals surface area contributed by atoms with Gasteiger partial charge in [-0.05, 0) is 31.0 Å². The van der Waals surface area contributed by atoms with E-state index in [0.29, 0.717) is 37.4 Å². The van der Waals surface area contributed by atoms with Crippen LogP contribution in [0.1, 0.15) is 23.3 Å². The van der Waals surface area contributed by atoms with Gasteiger partial charge in [-0.2, -0.15) is 5.10 Å². The quantitative estimate of drug-likeness (QED) is 0.501. The van der Waals surface area contributed by atoms with E-state index in [-0.39, 0.29) is 30.0 Å². The van der Waals surface area contributed by atoms with Crippen LogP contribution in [-0.2, 0) is 9.59 Å². The van der Waals surface area contributed by atoms with Gasteiger partial charge in [0.25, 0.3) is 11.8 Å². The molecule has 33 heavy (non-hydrogen) atoms. The molecule has 2 aromatic carbocycles. The van der Waals surface area contributed by atoms with Gasteiger partial charge in [-0.3, -0.25) is 30.3 Å². The van der Waals surface area contributed by atoms with Crippen molar-refractivity contribution < 1.29 is 19.1 Å². The second-order valence-corrected chi connectivity index (χ2v) is 7.73. The Kier molecular flexibility index (Phi) is 6.99. The number of para-hydroxylation sites is 1. The van der Waals surface area contributed by atoms with Crippen LogP contribution in [0.2, 0.25) is 0 Å². The van der Waals surface area contributed by atoms with E-state index in [1.807, 2.05) is 48.5 Å². The van der Waals surface area contributed by atoms with Gasteiger partial charge in [-0.15, -0.1) is 0 Å². The summed E-state index contributed by atoms with van der Waals surface area (Å²) in [4.78, 5) is 38.9. The highest BCUT2D eigenvalue weighted by Crippen LogP contribution is 2.19. The summed E-state index contributed by atoms with van der Waals surface area (Å²) in [6.45, 7) is 0.889. The number of ether oxygens (including phenoxy) is 1. The minimum Gasteiger partial charge on any atom is -0.484 e. The number of rotatable bonds is 6. The van der Waals surface area contributed by atoms with Crippen molar-refractivity contribution in [1.82, 2.24) is 25.9 Å². The van der Waals surface area contributed by atoms with Crippen molar-refractivity contribution in [2.45, 2.75) is 12.8 Å². The molecule has 0 radical (unpaired) electrons. The number of nitrogens with one attached hydrogen (secondary N) is 3. The molecule has 170 valence electrons. The monoisotopic (exact) mass is 447 g/mol. The zero-order valence-electron chi connectivity index (χ0n) is 18.0. The maximum absolute atomic E-state index is 12.5. The van der Waals surface area contributed by atoms with Gasteiger partial charge in [0.1, 0.15) is 11.4 Å². The fourth-order valence-electron chi connectivity index (χ4n) is 3.63. The fourth-order valence-corrected chi connectivity index (χ4v) is 3.63. The molecule has 0 spiro atoms. The summed E-state index contributed by atoms with van der Waals surface area (Å²) in [5.74, 6) is -0.517. The minimum atomic E-state index is -0.483. The van der Waals surface area contributed by atoms with Crippen molar-refractivity contribution in [2.24, 2.45) is 5.92 Å². The fraction of sp³-hybridized carbons (Fsp3) is 0.250. The first kappa shape index (κ1) is 22.1. The third kappa shape index (κ3) is 5.76. The van der Waals surface area contributed by atoms with Gasteiger partial charge in [0.15, 0.2) is 6.61 Å². The van der Waals surface area contributed by atoms with Crippen LogP contribution in [0, 0.1) is 5.92 Å². The second-order valence-electron chi connectivity index (χ2n) is 7.73. The Balaban J connectivity index is 1.20. The second kappa shape index (κ2) is 10.4. The van der Waals surface area contributed by atoms with E-state index in [4.69, 9.17) is 4.74 Å². The van der Waals surface area contributed by atoms with Crippen molar-refractivity contribution in [3.8, 4) is 17.0 Å². The van der Waals surface area contributed by atoms with Gasteiger partial charge in [0.2, 0.25) is 5.91 Å². The number of benzene rings is 2. The first-order valence-corrected chi connectivity index (χ1v) is 10.8. The van der Waals surface area contributed by atoms with Gasteiger partial charge < -0.3 is 9.64 Å². The lowest BCUT2D eigenvalue weighted by molar-refractivity contribution is -0.137. The maximum atomic E-state index is 12.5. The van der Waals surface area contributed by atoms with Crippen LogP contribution in [0.25, 0.3) is 11.3 Å². The molecule has 9 heteroatoms. The molecule has 1 aliphatic heterocycles. The predicted molar refractivity (Wildman–Crippen MR) is 121 cm³/mol. The number of nitrogens with zero attached hydrogens (tertiary/aromatic N) is 2. The van der Waals surface area contributed by atoms with E-state index in [1.54, 1.807) is 23.1 Å². The van der Waals surface area contributed by atoms with Gasteiger partial charge in [-0.25, -0.2) is 0 Å². The summed E-state index contributed by atoms with van der Waals surface area (Å²) in [5.41, 5.74) is 6.66. The molecule has 0 bridgehead atoms. The minimum absolute atomic E-state index is 0.0356. The highest BCUT2D eigenvalue weighted by atomic mass is 16.5. The summed E-state index contributed by atoms with van der Waals surface area (Å²) in [6, 6.07) is 20.2. The molecule has 1 fully saturated rings. The van der Waals surface area contributed by atoms with E-state index in [1.165, 1.54) is 0 Å². The molecule has 3 aromatic rings. The number of carbonyl (C=O) groups is 3. The zero-order chi connectivity index (χ0) is 23.0. The van der Waals surface area contributed by atoms with Crippen LogP contribution < -0.4 is 15.6 Å². The molecular formula is C24H25N5O4. The average Bonchev–Trinajstić information content (AvgIpc) is 3.37. The molecule has 1 aromatic heterocycles. The maximum Gasteiger partial charge on any atom is 0.287 e. The Hall–Kier alpha value is -4.14. The van der Waals surface area contributed by atoms with Gasteiger partial charge >= 0.3 is 0 Å². The number of piperidine rings is 1. The van der Waals surface area contributed by atoms with E-state index in [2.05, 4.69) is 21.0 Å². The average molecular weight is 447 g/mol. The standard InChI is InChI=1S/C24H25N5O4/c30-22(16-33-19-9-5-2-6-10-19)29-13-11-18(12-14-29)23(31)27-28-24(32)21-15-20(25-26-21)17-7-3-1-4-8-17/h1-10,15,18H,11-14,16H2,(H,25,26)(H,27,31)(H,28,32). The van der Waals surface area contributed by atoms with Crippen LogP contribution >= 0.6 is 0 Å². The topological polar surface area (TPSA) is 116 Å². The third-order valence-corrected chi connectivity index (χ3v) is 5.52. The lowest BCUT2D eigenvalue weighted by atomic mass is 9.96. The summed E-state index contributed by atoms with van der Waals surface area (Å²) < 4.78 is 5.51. The first-order valence-electron chi connectivity index (χ1n) is 10.8. The van der Waals surface area contributed by atoms with Crippen molar-refractivity contribution in [3.05, 3.63) is 72.4 Å². The smallest absolute Gasteiger partial charge is 0.287 e. The third-order valence-electron chi connectivity index (χ3n) is 5.52. The largest absolute Gasteiger partial charge is 0.484 e. The molecule has 0 atom stereocenters. The number of carbonyl (C=O) groups excluding carboxylic acids is 3. The van der Waals surface area contributed by atoms with Gasteiger partial charge in [0.05, 0.1) is 5.69 Å². The number of likely N-dealkylation sites (tertiary alicyclic amines) is 1. The van der Waals surface area contributed by atoms with E-state index < -0.39 is 5.91 Å². The summed E-state index contributed by atoms with van der Waals surface area (Å²) >= 11 is 0. The molecule has 3 amide bonds. The number of hydrazine groups is 1. The first-order chi connectivity index (χ1) is 16.1. The number of amides is 3. The highest BCUT2D eigenvalue weighted by molar-refractivity contribution is 5.94. The van der Waals surface area contributed by atoms with Crippen LogP contribution in [0.5, 0.6) is 5.75 Å². The van der Waals surface area contributed by atoms with Crippen molar-refractivity contribution >= 4 is 17.7 Å². The van der Waals surface area contributed by atoms with Crippen molar-refractivity contribution in [2.75, 3.05) is 19.7 Å². The molecule has 0 unspecified atom stereocenters. The molecule has 3 N–H and O–H groups in total. The van der Waals surface area contributed by atoms with E-state index in [9.17, 15) is 14.4 Å². The lowest BCUT2D eigenvalue weighted by Gasteiger charge is -2.31. The normalized spacial score (nSPS) is 13.9. The van der Waals surface area contributed by atoms with Crippen LogP contribution in [0.4, 0.5) is 0 Å². The Bertz CT molecular complexity index is 1090. The van der Waals surface area contributed by atoms with Gasteiger partial charge in [0, 0.05) is 24.6 Å². The SMILES string of the molecule is O=C(NNC(=O)C1CCN(C(=O)COc2ccccc2)CC1)c1cc(-c2ccccc2)n[nH]1. The Morgan fingerprint density at radius 3 is 2.33 bits per heavy atom. The van der Waals surface area contributed by atoms with Gasteiger partial charge in [-0.1, -0.05) is 48.5 Å². The predicted octanol–water partition coefficient (Wildman–Crippen LogP) is 2.16. The lowest BCUT2D eigenvalue weighted by Crippen LogP contribution is -2.48. The molecule has 9 nitrogen and oxygen atoms in total. The summed E-state index contributed by atoms with van der Waals surface area (Å²) in [5, 5.41) is 6.82. The number of hydrogen-bond donors (Lipinski definition) is 3. The van der Waals surface area contributed by atoms with Crippen LogP contribution in [-0.4, -0.2) is 52.5 Å². The number of H-pyrrole nitrogens is 1. The van der Waals surface area contributed by atoms with Crippen LogP contribution in [0.3, 0.4) is 0 Å². The molecule has 0 aliphatic carbocycles. The number of aromatic amines is 1. The molecule has 1 aliphatic rings. The molecule has 4 rings (SSSR count). The van der Waals surface area contributed by atoms with E-state index >= 15 is 0 Å². The number of hydrogen-bond acceptors (Lipinski definition) is 5. The molecule has 0 saturated carbocycles. The number of aromatic nitrogens is 2. The van der Waals surface area contributed by atoms with Crippen LogP contribution in [0.15, 0.2) is 66.7 Å². The van der Waals surface area contributed by atoms with E-state index in [0.717, 1.165) is 5.56 Å². The summed E-state index contributed by atoms with van der Waals surface area (Å²) in [6.07, 6.45) is 1.03. The highest BCUT2D eigenvalue weighted by Gasteiger charge is 2.28. The van der Waals surface area contributed by atoms with Crippen molar-refractivity contribution in [3.63, 3.8) is 0 Å². The molecule has 2 heterocycles. The Morgan fingerprint density at radius 2 is 1.64 bits per heavy atom. The van der Waals surface area contributed by atoms with Crippen molar-refractivity contribution in [1.29, 1.82) is 0 Å². The zero-order valence-corrected chi connectivity index (χ0v) is 18.0. The Morgan fingerprint density at radius 1 is 0.970 bits per heavy atom. The molecule has 1 saturated heterocycles. The molecular weight excluding hydrogens is 422 g/mol.